The van der Waals surface area contributed by atoms with E-state index < -0.39 is 23.6 Å². The van der Waals surface area contributed by atoms with Gasteiger partial charge in [-0.15, -0.1) is 5.48 Å². The van der Waals surface area contributed by atoms with E-state index >= 15 is 0 Å². The van der Waals surface area contributed by atoms with Gasteiger partial charge in [0.15, 0.2) is 0 Å². The van der Waals surface area contributed by atoms with Crippen molar-refractivity contribution >= 4 is 12.1 Å². The topological polar surface area (TPSA) is 84.9 Å². The largest absolute Gasteiger partial charge is 0.442 e. The van der Waals surface area contributed by atoms with Crippen LogP contribution in [0.4, 0.5) is 4.79 Å². The van der Waals surface area contributed by atoms with Crippen LogP contribution < -0.4 is 5.48 Å². The number of hydrogen-bond donors (Lipinski definition) is 2. The first-order valence-electron chi connectivity index (χ1n) is 5.10. The van der Waals surface area contributed by atoms with E-state index in [2.05, 4.69) is 4.84 Å². The van der Waals surface area contributed by atoms with Crippen LogP contribution in [0.2, 0.25) is 0 Å². The van der Waals surface area contributed by atoms with E-state index in [1.54, 1.807) is 27.7 Å². The second kappa shape index (κ2) is 6.32. The lowest BCUT2D eigenvalue weighted by molar-refractivity contribution is -0.157. The Morgan fingerprint density at radius 3 is 2.31 bits per heavy atom. The predicted molar refractivity (Wildman–Crippen MR) is 56.3 cm³/mol. The molecule has 0 spiro atoms. The summed E-state index contributed by atoms with van der Waals surface area (Å²) < 4.78 is 4.85. The molecule has 0 aromatic heterocycles. The van der Waals surface area contributed by atoms with Gasteiger partial charge in [0.1, 0.15) is 5.60 Å². The number of rotatable bonds is 3. The number of amides is 1. The van der Waals surface area contributed by atoms with Crippen LogP contribution in [0.1, 0.15) is 34.1 Å². The molecule has 0 bridgehead atoms. The molecule has 0 heterocycles. The molecule has 0 saturated heterocycles. The van der Waals surface area contributed by atoms with Crippen molar-refractivity contribution in [1.29, 1.82) is 0 Å². The van der Waals surface area contributed by atoms with E-state index in [1.807, 2.05) is 5.48 Å². The Morgan fingerprint density at radius 1 is 1.38 bits per heavy atom. The van der Waals surface area contributed by atoms with Crippen LogP contribution >= 0.6 is 0 Å². The first kappa shape index (κ1) is 14.7. The van der Waals surface area contributed by atoms with Gasteiger partial charge in [-0.25, -0.2) is 9.59 Å². The first-order valence-corrected chi connectivity index (χ1v) is 5.10. The molecule has 16 heavy (non-hydrogen) atoms. The van der Waals surface area contributed by atoms with E-state index in [4.69, 9.17) is 9.84 Å². The van der Waals surface area contributed by atoms with Crippen LogP contribution in [0.15, 0.2) is 0 Å². The third-order valence-corrected chi connectivity index (χ3v) is 1.68. The molecule has 0 radical (unpaired) electrons. The Balaban J connectivity index is 3.97. The normalized spacial score (nSPS) is 12.8. The third kappa shape index (κ3) is 6.23. The van der Waals surface area contributed by atoms with E-state index in [-0.39, 0.29) is 6.61 Å². The number of hydrogen-bond acceptors (Lipinski definition) is 5. The van der Waals surface area contributed by atoms with Crippen molar-refractivity contribution in [2.45, 2.75) is 39.7 Å². The van der Waals surface area contributed by atoms with Gasteiger partial charge in [0.05, 0.1) is 12.5 Å². The van der Waals surface area contributed by atoms with Crippen LogP contribution in [0.25, 0.3) is 0 Å². The number of carbonyl (C=O) groups is 2. The minimum absolute atomic E-state index is 0.314. The molecular weight excluding hydrogens is 214 g/mol. The van der Waals surface area contributed by atoms with Crippen molar-refractivity contribution in [2.24, 2.45) is 5.92 Å². The Morgan fingerprint density at radius 2 is 1.94 bits per heavy atom. The number of ether oxygens (including phenoxy) is 1. The summed E-state index contributed by atoms with van der Waals surface area (Å²) >= 11 is 0. The van der Waals surface area contributed by atoms with Gasteiger partial charge in [-0.05, 0) is 27.2 Å². The van der Waals surface area contributed by atoms with Crippen LogP contribution in [0.5, 0.6) is 0 Å². The Hall–Kier alpha value is -1.30. The maximum Gasteiger partial charge on any atom is 0.441 e. The lowest BCUT2D eigenvalue weighted by atomic mass is 10.1. The van der Waals surface area contributed by atoms with E-state index in [0.717, 1.165) is 0 Å². The van der Waals surface area contributed by atoms with Crippen LogP contribution in [-0.2, 0) is 14.4 Å². The molecule has 0 unspecified atom stereocenters. The smallest absolute Gasteiger partial charge is 0.441 e. The maximum absolute atomic E-state index is 11.2. The number of nitrogens with one attached hydrogen (secondary N) is 1. The molecule has 0 aromatic carbocycles. The van der Waals surface area contributed by atoms with Gasteiger partial charge in [-0.3, -0.25) is 0 Å². The minimum atomic E-state index is -0.839. The summed E-state index contributed by atoms with van der Waals surface area (Å²) in [4.78, 5) is 26.8. The summed E-state index contributed by atoms with van der Waals surface area (Å²) in [5.41, 5.74) is 1.21. The Bertz CT molecular complexity index is 242. The maximum atomic E-state index is 11.2. The molecule has 0 fully saturated rings. The quantitative estimate of drug-likeness (QED) is 0.710. The zero-order valence-corrected chi connectivity index (χ0v) is 10.1. The molecule has 94 valence electrons. The Kier molecular flexibility index (Phi) is 5.81. The van der Waals surface area contributed by atoms with Crippen molar-refractivity contribution in [3.05, 3.63) is 0 Å². The van der Waals surface area contributed by atoms with Crippen molar-refractivity contribution in [3.63, 3.8) is 0 Å². The van der Waals surface area contributed by atoms with Crippen LogP contribution in [0, 0.1) is 5.92 Å². The molecule has 1 amide bonds. The predicted octanol–water partition coefficient (Wildman–Crippen LogP) is 0.988. The summed E-state index contributed by atoms with van der Waals surface area (Å²) in [6.45, 7) is 6.49. The molecule has 0 rings (SSSR count). The lowest BCUT2D eigenvalue weighted by Crippen LogP contribution is -2.36. The van der Waals surface area contributed by atoms with Gasteiger partial charge >= 0.3 is 12.1 Å². The Labute approximate surface area is 94.9 Å². The summed E-state index contributed by atoms with van der Waals surface area (Å²) in [6.07, 6.45) is -0.403. The molecule has 1 atom stereocenters. The average molecular weight is 233 g/mol. The monoisotopic (exact) mass is 233 g/mol. The highest BCUT2D eigenvalue weighted by atomic mass is 16.7. The van der Waals surface area contributed by atoms with Gasteiger partial charge in [0, 0.05) is 0 Å². The third-order valence-electron chi connectivity index (χ3n) is 1.68. The van der Waals surface area contributed by atoms with Gasteiger partial charge in [0.2, 0.25) is 0 Å². The molecule has 0 saturated carbocycles. The minimum Gasteiger partial charge on any atom is -0.442 e. The molecule has 0 aliphatic carbocycles. The second-order valence-electron chi connectivity index (χ2n) is 4.31. The molecule has 0 aromatic rings. The van der Waals surface area contributed by atoms with Crippen molar-refractivity contribution in [1.82, 2.24) is 5.48 Å². The van der Waals surface area contributed by atoms with Gasteiger partial charge in [-0.1, -0.05) is 6.92 Å². The molecular formula is C10H19NO5. The zero-order valence-electron chi connectivity index (χ0n) is 10.1. The molecule has 2 N–H and O–H groups in total. The van der Waals surface area contributed by atoms with Crippen molar-refractivity contribution in [3.8, 4) is 0 Å². The highest BCUT2D eigenvalue weighted by Gasteiger charge is 2.20. The number of aliphatic hydroxyl groups excluding tert-OH is 1. The van der Waals surface area contributed by atoms with E-state index in [9.17, 15) is 9.59 Å². The molecule has 6 nitrogen and oxygen atoms in total. The van der Waals surface area contributed by atoms with Crippen LogP contribution in [0.3, 0.4) is 0 Å². The van der Waals surface area contributed by atoms with Crippen LogP contribution in [-0.4, -0.2) is 29.4 Å². The molecule has 6 heteroatoms. The number of carbonyl (C=O) groups excluding carboxylic acids is 2. The lowest BCUT2D eigenvalue weighted by Gasteiger charge is -2.19. The summed E-state index contributed by atoms with van der Waals surface area (Å²) in [7, 11) is 0. The summed E-state index contributed by atoms with van der Waals surface area (Å²) in [5.74, 6) is -1.31. The highest BCUT2D eigenvalue weighted by Crippen LogP contribution is 2.07. The SMILES string of the molecule is CC[C@H](CO)C(=O)ONC(=O)OC(C)(C)C. The van der Waals surface area contributed by atoms with E-state index in [1.165, 1.54) is 0 Å². The summed E-state index contributed by atoms with van der Waals surface area (Å²) in [5, 5.41) is 8.80. The fourth-order valence-corrected chi connectivity index (χ4v) is 0.845. The fraction of sp³-hybridized carbons (Fsp3) is 0.800. The van der Waals surface area contributed by atoms with Gasteiger partial charge in [0.25, 0.3) is 0 Å². The second-order valence-corrected chi connectivity index (χ2v) is 4.31. The number of hydroxylamine groups is 1. The van der Waals surface area contributed by atoms with Gasteiger partial charge < -0.3 is 14.7 Å². The van der Waals surface area contributed by atoms with Crippen molar-refractivity contribution < 1.29 is 24.3 Å². The summed E-state index contributed by atoms with van der Waals surface area (Å²) in [6, 6.07) is 0. The fourth-order valence-electron chi connectivity index (χ4n) is 0.845. The number of aliphatic hydroxyl groups is 1. The zero-order chi connectivity index (χ0) is 12.8. The molecule has 0 aliphatic heterocycles. The average Bonchev–Trinajstić information content (AvgIpc) is 2.14. The van der Waals surface area contributed by atoms with E-state index in [0.29, 0.717) is 6.42 Å². The highest BCUT2D eigenvalue weighted by molar-refractivity contribution is 5.75. The van der Waals surface area contributed by atoms with Crippen molar-refractivity contribution in [2.75, 3.05) is 6.61 Å². The standard InChI is InChI=1S/C10H19NO5/c1-5-7(6-12)8(13)16-11-9(14)15-10(2,3)4/h7,12H,5-6H2,1-4H3,(H,11,14)/t7-/m1/s1. The van der Waals surface area contributed by atoms with Gasteiger partial charge in [-0.2, -0.15) is 0 Å². The first-order chi connectivity index (χ1) is 7.30. The molecule has 0 aliphatic rings.